The van der Waals surface area contributed by atoms with Crippen LogP contribution in [0.25, 0.3) is 0 Å². The van der Waals surface area contributed by atoms with Gasteiger partial charge in [0.1, 0.15) is 5.78 Å². The number of ketones is 1. The lowest BCUT2D eigenvalue weighted by atomic mass is 9.84. The zero-order valence-electron chi connectivity index (χ0n) is 11.4. The minimum atomic E-state index is 0.214. The van der Waals surface area contributed by atoms with Gasteiger partial charge in [-0.3, -0.25) is 4.79 Å². The molecule has 0 aromatic heterocycles. The Labute approximate surface area is 106 Å². The molecule has 1 aliphatic rings. The normalized spacial score (nSPS) is 24.2. The Morgan fingerprint density at radius 3 is 2.76 bits per heavy atom. The van der Waals surface area contributed by atoms with E-state index in [-0.39, 0.29) is 5.92 Å². The highest BCUT2D eigenvalue weighted by atomic mass is 16.1. The Balaban J connectivity index is 2.75. The standard InChI is InChI=1S/C16H26O/c1-3-5-11-14(10-4-2)15-12-8-6-7-9-13-16(15)17/h6-7,11,15H,3-5,8-10,12-13H2,1-2H3/b7-6-,14-11+. The molecule has 0 aliphatic heterocycles. The maximum absolute atomic E-state index is 12.2. The summed E-state index contributed by atoms with van der Waals surface area (Å²) in [4.78, 5) is 12.2. The predicted octanol–water partition coefficient (Wildman–Crippen LogP) is 4.83. The van der Waals surface area contributed by atoms with Gasteiger partial charge in [-0.05, 0) is 32.1 Å². The second kappa shape index (κ2) is 8.27. The smallest absolute Gasteiger partial charge is 0.140 e. The van der Waals surface area contributed by atoms with Gasteiger partial charge in [-0.1, -0.05) is 50.5 Å². The molecule has 96 valence electrons. The second-order valence-corrected chi connectivity index (χ2v) is 4.92. The van der Waals surface area contributed by atoms with E-state index in [2.05, 4.69) is 32.1 Å². The largest absolute Gasteiger partial charge is 0.299 e. The molecule has 1 heteroatoms. The Bertz CT molecular complexity index is 286. The van der Waals surface area contributed by atoms with Gasteiger partial charge >= 0.3 is 0 Å². The van der Waals surface area contributed by atoms with E-state index in [1.54, 1.807) is 0 Å². The van der Waals surface area contributed by atoms with Crippen LogP contribution in [0.3, 0.4) is 0 Å². The molecule has 1 unspecified atom stereocenters. The molecule has 0 aromatic carbocycles. The first-order valence-corrected chi connectivity index (χ1v) is 7.16. The van der Waals surface area contributed by atoms with Crippen molar-refractivity contribution in [3.63, 3.8) is 0 Å². The lowest BCUT2D eigenvalue weighted by Gasteiger charge is -2.20. The summed E-state index contributed by atoms with van der Waals surface area (Å²) in [5, 5.41) is 0. The molecule has 1 rings (SSSR count). The van der Waals surface area contributed by atoms with E-state index in [4.69, 9.17) is 0 Å². The van der Waals surface area contributed by atoms with Crippen molar-refractivity contribution in [2.24, 2.45) is 5.92 Å². The fraction of sp³-hybridized carbons (Fsp3) is 0.688. The first-order valence-electron chi connectivity index (χ1n) is 7.16. The van der Waals surface area contributed by atoms with Crippen LogP contribution in [0.1, 0.15) is 65.2 Å². The number of hydrogen-bond donors (Lipinski definition) is 0. The Morgan fingerprint density at radius 1 is 1.29 bits per heavy atom. The van der Waals surface area contributed by atoms with Gasteiger partial charge in [0.05, 0.1) is 0 Å². The zero-order chi connectivity index (χ0) is 12.5. The first kappa shape index (κ1) is 14.2. The minimum absolute atomic E-state index is 0.214. The van der Waals surface area contributed by atoms with Crippen LogP contribution in [0.15, 0.2) is 23.8 Å². The van der Waals surface area contributed by atoms with Gasteiger partial charge in [0.25, 0.3) is 0 Å². The Morgan fingerprint density at radius 2 is 2.06 bits per heavy atom. The topological polar surface area (TPSA) is 17.1 Å². The summed E-state index contributed by atoms with van der Waals surface area (Å²) in [7, 11) is 0. The third-order valence-electron chi connectivity index (χ3n) is 3.42. The van der Waals surface area contributed by atoms with Crippen LogP contribution < -0.4 is 0 Å². The lowest BCUT2D eigenvalue weighted by molar-refractivity contribution is -0.122. The van der Waals surface area contributed by atoms with Crippen LogP contribution in [0.2, 0.25) is 0 Å². The summed E-state index contributed by atoms with van der Waals surface area (Å²) < 4.78 is 0. The Kier molecular flexibility index (Phi) is 6.91. The summed E-state index contributed by atoms with van der Waals surface area (Å²) in [6.45, 7) is 4.40. The number of allylic oxidation sites excluding steroid dienone is 4. The van der Waals surface area contributed by atoms with Gasteiger partial charge < -0.3 is 0 Å². The van der Waals surface area contributed by atoms with Crippen molar-refractivity contribution >= 4 is 5.78 Å². The molecular weight excluding hydrogens is 208 g/mol. The second-order valence-electron chi connectivity index (χ2n) is 4.92. The van der Waals surface area contributed by atoms with Gasteiger partial charge in [0.2, 0.25) is 0 Å². The molecule has 1 aliphatic carbocycles. The molecule has 0 N–H and O–H groups in total. The van der Waals surface area contributed by atoms with E-state index < -0.39 is 0 Å². The highest BCUT2D eigenvalue weighted by Crippen LogP contribution is 2.27. The van der Waals surface area contributed by atoms with Crippen LogP contribution >= 0.6 is 0 Å². The highest BCUT2D eigenvalue weighted by Gasteiger charge is 2.21. The fourth-order valence-electron chi connectivity index (χ4n) is 2.49. The number of hydrogen-bond acceptors (Lipinski definition) is 1. The average molecular weight is 234 g/mol. The van der Waals surface area contributed by atoms with Crippen molar-refractivity contribution in [2.45, 2.75) is 65.2 Å². The van der Waals surface area contributed by atoms with Crippen LogP contribution in [0.5, 0.6) is 0 Å². The maximum Gasteiger partial charge on any atom is 0.140 e. The molecule has 0 spiro atoms. The van der Waals surface area contributed by atoms with Gasteiger partial charge in [0, 0.05) is 12.3 Å². The SMILES string of the molecule is CCC/C=C(\CCC)C1CC/C=C\CCC1=O. The zero-order valence-corrected chi connectivity index (χ0v) is 11.4. The van der Waals surface area contributed by atoms with Crippen LogP contribution in [0, 0.1) is 5.92 Å². The molecule has 0 amide bonds. The molecule has 0 bridgehead atoms. The number of carbonyl (C=O) groups excluding carboxylic acids is 1. The molecule has 1 atom stereocenters. The highest BCUT2D eigenvalue weighted by molar-refractivity contribution is 5.84. The molecule has 0 saturated heterocycles. The van der Waals surface area contributed by atoms with Crippen molar-refractivity contribution in [1.29, 1.82) is 0 Å². The van der Waals surface area contributed by atoms with Crippen molar-refractivity contribution in [3.8, 4) is 0 Å². The van der Waals surface area contributed by atoms with Crippen molar-refractivity contribution < 1.29 is 4.79 Å². The fourth-order valence-corrected chi connectivity index (χ4v) is 2.49. The third-order valence-corrected chi connectivity index (χ3v) is 3.42. The summed E-state index contributed by atoms with van der Waals surface area (Å²) in [5.41, 5.74) is 1.41. The van der Waals surface area contributed by atoms with Crippen LogP contribution in [-0.4, -0.2) is 5.78 Å². The maximum atomic E-state index is 12.2. The molecule has 1 nitrogen and oxygen atoms in total. The summed E-state index contributed by atoms with van der Waals surface area (Å²) >= 11 is 0. The molecule has 0 heterocycles. The number of rotatable bonds is 5. The van der Waals surface area contributed by atoms with Crippen molar-refractivity contribution in [3.05, 3.63) is 23.8 Å². The van der Waals surface area contributed by atoms with Crippen LogP contribution in [0.4, 0.5) is 0 Å². The summed E-state index contributed by atoms with van der Waals surface area (Å²) in [6, 6.07) is 0. The number of Topliss-reactive ketones (excluding diaryl/α,β-unsaturated/α-hetero) is 1. The quantitative estimate of drug-likeness (QED) is 0.623. The summed E-state index contributed by atoms with van der Waals surface area (Å²) in [5.74, 6) is 0.677. The van der Waals surface area contributed by atoms with E-state index in [0.717, 1.165) is 44.9 Å². The van der Waals surface area contributed by atoms with Crippen molar-refractivity contribution in [1.82, 2.24) is 0 Å². The number of carbonyl (C=O) groups is 1. The third kappa shape index (κ3) is 4.89. The molecule has 17 heavy (non-hydrogen) atoms. The Hall–Kier alpha value is -0.850. The molecule has 0 saturated carbocycles. The predicted molar refractivity (Wildman–Crippen MR) is 74.0 cm³/mol. The van der Waals surface area contributed by atoms with E-state index in [0.29, 0.717) is 5.78 Å². The van der Waals surface area contributed by atoms with Gasteiger partial charge in [0.15, 0.2) is 0 Å². The molecule has 0 fully saturated rings. The van der Waals surface area contributed by atoms with Gasteiger partial charge in [-0.2, -0.15) is 0 Å². The van der Waals surface area contributed by atoms with Gasteiger partial charge in [-0.25, -0.2) is 0 Å². The summed E-state index contributed by atoms with van der Waals surface area (Å²) in [6.07, 6.45) is 15.0. The minimum Gasteiger partial charge on any atom is -0.299 e. The van der Waals surface area contributed by atoms with E-state index >= 15 is 0 Å². The first-order chi connectivity index (χ1) is 8.29. The number of unbranched alkanes of at least 4 members (excludes halogenated alkanes) is 1. The lowest BCUT2D eigenvalue weighted by Crippen LogP contribution is -2.18. The molecule has 0 radical (unpaired) electrons. The monoisotopic (exact) mass is 234 g/mol. The van der Waals surface area contributed by atoms with Crippen molar-refractivity contribution in [2.75, 3.05) is 0 Å². The van der Waals surface area contributed by atoms with Gasteiger partial charge in [-0.15, -0.1) is 0 Å². The van der Waals surface area contributed by atoms with E-state index in [1.807, 2.05) is 0 Å². The average Bonchev–Trinajstić information content (AvgIpc) is 2.31. The van der Waals surface area contributed by atoms with E-state index in [9.17, 15) is 4.79 Å². The van der Waals surface area contributed by atoms with E-state index in [1.165, 1.54) is 12.0 Å². The van der Waals surface area contributed by atoms with Crippen LogP contribution in [-0.2, 0) is 4.79 Å². The molecule has 0 aromatic rings. The molecular formula is C16H26O.